The zero-order chi connectivity index (χ0) is 49.3. The van der Waals surface area contributed by atoms with Crippen molar-refractivity contribution < 1.29 is 0 Å². The van der Waals surface area contributed by atoms with Crippen molar-refractivity contribution in [2.75, 3.05) is 9.80 Å². The van der Waals surface area contributed by atoms with E-state index in [1.54, 1.807) is 0 Å². The lowest BCUT2D eigenvalue weighted by Crippen LogP contribution is -2.11. The first-order valence-electron chi connectivity index (χ1n) is 25.8. The predicted octanol–water partition coefficient (Wildman–Crippen LogP) is 19.5. The lowest BCUT2D eigenvalue weighted by atomic mass is 9.96. The number of anilines is 6. The molecule has 4 nitrogen and oxygen atoms in total. The highest BCUT2D eigenvalue weighted by molar-refractivity contribution is 6.32. The molecular weight excluding hydrogens is 897 g/mol. The summed E-state index contributed by atoms with van der Waals surface area (Å²) in [5.74, 6) is 0. The highest BCUT2D eigenvalue weighted by Gasteiger charge is 2.29. The van der Waals surface area contributed by atoms with E-state index in [0.717, 1.165) is 34.1 Å². The minimum Gasteiger partial charge on any atom is -0.309 e. The SMILES string of the molecule is Cc1ccc(-c2ccccc2N(c2ccccc2)c2ccc3c4cc5c(cc4n4c6ccccc6c2c34)c2ccc(N(c3ccccc3)c3ccccc3-c3ccc(C)cc3C)c3c4ccccc4n5c23)c(C)c1. The molecule has 4 heterocycles. The summed E-state index contributed by atoms with van der Waals surface area (Å²) < 4.78 is 5.10. The molecular formula is C70H50N4. The second-order valence-electron chi connectivity index (χ2n) is 20.3. The first kappa shape index (κ1) is 42.3. The smallest absolute Gasteiger partial charge is 0.0641 e. The summed E-state index contributed by atoms with van der Waals surface area (Å²) in [6.45, 7) is 8.81. The van der Waals surface area contributed by atoms with Crippen LogP contribution in [0.4, 0.5) is 34.1 Å². The molecule has 0 saturated carbocycles. The Morgan fingerprint density at radius 1 is 0.270 bits per heavy atom. The first-order chi connectivity index (χ1) is 36.4. The number of benzene rings is 11. The fourth-order valence-electron chi connectivity index (χ4n) is 12.8. The van der Waals surface area contributed by atoms with Crippen molar-refractivity contribution in [3.05, 3.63) is 253 Å². The second kappa shape index (κ2) is 16.1. The molecule has 74 heavy (non-hydrogen) atoms. The third kappa shape index (κ3) is 6.03. The van der Waals surface area contributed by atoms with Crippen molar-refractivity contribution >= 4 is 110 Å². The quantitative estimate of drug-likeness (QED) is 0.151. The van der Waals surface area contributed by atoms with E-state index in [1.807, 2.05) is 0 Å². The molecule has 0 fully saturated rings. The Hall–Kier alpha value is -9.38. The fraction of sp³-hybridized carbons (Fsp3) is 0.0571. The Balaban J connectivity index is 1.00. The maximum Gasteiger partial charge on any atom is 0.0641 e. The van der Waals surface area contributed by atoms with Crippen LogP contribution in [0.25, 0.3) is 98.4 Å². The molecule has 0 unspecified atom stereocenters. The van der Waals surface area contributed by atoms with Crippen molar-refractivity contribution in [1.29, 1.82) is 0 Å². The third-order valence-electron chi connectivity index (χ3n) is 15.9. The molecule has 11 aromatic carbocycles. The van der Waals surface area contributed by atoms with Gasteiger partial charge in [-0.05, 0) is 123 Å². The Bertz CT molecular complexity index is 4410. The molecule has 0 saturated heterocycles. The van der Waals surface area contributed by atoms with Gasteiger partial charge in [0.25, 0.3) is 0 Å². The second-order valence-corrected chi connectivity index (χ2v) is 20.3. The van der Waals surface area contributed by atoms with Crippen LogP contribution in [0.1, 0.15) is 22.3 Å². The number of aryl methyl sites for hydroxylation is 4. The van der Waals surface area contributed by atoms with E-state index < -0.39 is 0 Å². The average Bonchev–Trinajstić information content (AvgIpc) is 4.16. The van der Waals surface area contributed by atoms with Gasteiger partial charge in [-0.3, -0.25) is 0 Å². The highest BCUT2D eigenvalue weighted by atomic mass is 15.2. The van der Waals surface area contributed by atoms with Gasteiger partial charge in [-0.15, -0.1) is 0 Å². The van der Waals surface area contributed by atoms with Crippen molar-refractivity contribution in [2.24, 2.45) is 0 Å². The highest BCUT2D eigenvalue weighted by Crippen LogP contribution is 2.53. The first-order valence-corrected chi connectivity index (χ1v) is 25.8. The van der Waals surface area contributed by atoms with Gasteiger partial charge >= 0.3 is 0 Å². The molecule has 4 aromatic heterocycles. The van der Waals surface area contributed by atoms with Crippen LogP contribution in [0.5, 0.6) is 0 Å². The standard InChI is InChI=1S/C70H50N4/c1-43-31-33-49(45(3)39-43)51-23-11-15-27-59(51)71(47-19-7-5-8-20-47)63-37-35-53-57-41-66-58(42-65(57)73-61-29-17-13-25-55(61)67(63)69(53)73)54-36-38-64(68-56-26-14-18-30-62(56)74(66)70(54)68)72(48-21-9-6-10-22-48)60-28-16-12-24-52(60)50-34-32-44(2)40-46(50)4/h5-42H,1-4H3. The Kier molecular flexibility index (Phi) is 9.19. The number of fused-ring (bicyclic) bond motifs is 12. The van der Waals surface area contributed by atoms with Crippen molar-refractivity contribution in [2.45, 2.75) is 27.7 Å². The Morgan fingerprint density at radius 2 is 0.662 bits per heavy atom. The predicted molar refractivity (Wildman–Crippen MR) is 315 cm³/mol. The van der Waals surface area contributed by atoms with Gasteiger partial charge in [0, 0.05) is 65.6 Å². The van der Waals surface area contributed by atoms with E-state index in [2.05, 4.69) is 277 Å². The third-order valence-corrected chi connectivity index (χ3v) is 15.9. The van der Waals surface area contributed by atoms with Gasteiger partial charge in [0.05, 0.1) is 55.8 Å². The molecule has 0 spiro atoms. The zero-order valence-electron chi connectivity index (χ0n) is 41.7. The van der Waals surface area contributed by atoms with Crippen LogP contribution in [-0.2, 0) is 0 Å². The number of nitrogens with zero attached hydrogens (tertiary/aromatic N) is 4. The lowest BCUT2D eigenvalue weighted by molar-refractivity contribution is 1.29. The number of hydrogen-bond donors (Lipinski definition) is 0. The molecule has 0 radical (unpaired) electrons. The maximum atomic E-state index is 2.55. The van der Waals surface area contributed by atoms with Crippen LogP contribution in [0.2, 0.25) is 0 Å². The minimum atomic E-state index is 1.12. The van der Waals surface area contributed by atoms with E-state index in [0.29, 0.717) is 0 Å². The Morgan fingerprint density at radius 3 is 1.09 bits per heavy atom. The molecule has 0 aliphatic heterocycles. The van der Waals surface area contributed by atoms with Crippen LogP contribution in [-0.4, -0.2) is 8.80 Å². The maximum absolute atomic E-state index is 2.55. The summed E-state index contributed by atoms with van der Waals surface area (Å²) in [4.78, 5) is 4.98. The molecule has 0 bridgehead atoms. The van der Waals surface area contributed by atoms with Crippen LogP contribution in [0.3, 0.4) is 0 Å². The molecule has 0 N–H and O–H groups in total. The summed E-state index contributed by atoms with van der Waals surface area (Å²) in [5.41, 5.74) is 24.1. The van der Waals surface area contributed by atoms with Crippen molar-refractivity contribution in [3.63, 3.8) is 0 Å². The Labute approximate surface area is 429 Å². The van der Waals surface area contributed by atoms with Gasteiger partial charge in [0.15, 0.2) is 0 Å². The number of hydrogen-bond acceptors (Lipinski definition) is 2. The number of rotatable bonds is 8. The summed E-state index contributed by atoms with van der Waals surface area (Å²) in [6, 6.07) is 85.7. The molecule has 4 heteroatoms. The van der Waals surface area contributed by atoms with Gasteiger partial charge in [-0.25, -0.2) is 0 Å². The fourth-order valence-corrected chi connectivity index (χ4v) is 12.8. The normalized spacial score (nSPS) is 12.1. The van der Waals surface area contributed by atoms with Crippen LogP contribution < -0.4 is 9.80 Å². The van der Waals surface area contributed by atoms with E-state index in [1.165, 1.54) is 121 Å². The summed E-state index contributed by atoms with van der Waals surface area (Å²) in [7, 11) is 0. The molecule has 0 aliphatic carbocycles. The van der Waals surface area contributed by atoms with E-state index >= 15 is 0 Å². The van der Waals surface area contributed by atoms with Gasteiger partial charge in [-0.1, -0.05) is 169 Å². The molecule has 15 rings (SSSR count). The molecule has 0 atom stereocenters. The minimum absolute atomic E-state index is 1.12. The van der Waals surface area contributed by atoms with Gasteiger partial charge in [-0.2, -0.15) is 0 Å². The van der Waals surface area contributed by atoms with Gasteiger partial charge in [0.2, 0.25) is 0 Å². The van der Waals surface area contributed by atoms with E-state index in [-0.39, 0.29) is 0 Å². The van der Waals surface area contributed by atoms with Crippen molar-refractivity contribution in [3.8, 4) is 22.3 Å². The molecule has 0 amide bonds. The van der Waals surface area contributed by atoms with Crippen LogP contribution in [0.15, 0.2) is 231 Å². The van der Waals surface area contributed by atoms with Gasteiger partial charge < -0.3 is 18.6 Å². The molecule has 350 valence electrons. The van der Waals surface area contributed by atoms with Crippen LogP contribution in [0, 0.1) is 27.7 Å². The summed E-state index contributed by atoms with van der Waals surface area (Å²) in [5, 5.41) is 9.95. The largest absolute Gasteiger partial charge is 0.309 e. The van der Waals surface area contributed by atoms with Crippen molar-refractivity contribution in [1.82, 2.24) is 8.80 Å². The van der Waals surface area contributed by atoms with E-state index in [4.69, 9.17) is 0 Å². The summed E-state index contributed by atoms with van der Waals surface area (Å²) >= 11 is 0. The van der Waals surface area contributed by atoms with E-state index in [9.17, 15) is 0 Å². The molecule has 15 aromatic rings. The molecule has 0 aliphatic rings. The van der Waals surface area contributed by atoms with Gasteiger partial charge in [0.1, 0.15) is 0 Å². The number of aromatic nitrogens is 2. The summed E-state index contributed by atoms with van der Waals surface area (Å²) in [6.07, 6.45) is 0. The lowest BCUT2D eigenvalue weighted by Gasteiger charge is -2.29. The zero-order valence-corrected chi connectivity index (χ0v) is 41.7. The van der Waals surface area contributed by atoms with Crippen LogP contribution >= 0.6 is 0 Å². The number of para-hydroxylation sites is 6. The topological polar surface area (TPSA) is 15.3 Å². The average molecular weight is 947 g/mol. The monoisotopic (exact) mass is 946 g/mol.